The van der Waals surface area contributed by atoms with Crippen LogP contribution >= 0.6 is 23.5 Å². The number of nitrogens with one attached hydrogen (secondary N) is 1. The molecule has 3 heterocycles. The first-order valence-corrected chi connectivity index (χ1v) is 12.7. The molecule has 1 amide bonds. The molecule has 1 aliphatic carbocycles. The van der Waals surface area contributed by atoms with Gasteiger partial charge in [0.25, 0.3) is 5.92 Å². The number of amides is 1. The summed E-state index contributed by atoms with van der Waals surface area (Å²) in [5.41, 5.74) is 8.51. The Morgan fingerprint density at radius 2 is 2.19 bits per heavy atom. The van der Waals surface area contributed by atoms with Crippen LogP contribution in [0, 0.1) is 0 Å². The number of ether oxygens (including phenoxy) is 1. The number of halogens is 3. The summed E-state index contributed by atoms with van der Waals surface area (Å²) in [5.74, 6) is -1.56. The van der Waals surface area contributed by atoms with Crippen LogP contribution in [-0.2, 0) is 17.8 Å². The maximum absolute atomic E-state index is 13.1. The van der Waals surface area contributed by atoms with Gasteiger partial charge in [0.2, 0.25) is 5.91 Å². The van der Waals surface area contributed by atoms with Crippen LogP contribution in [-0.4, -0.2) is 40.3 Å². The highest BCUT2D eigenvalue weighted by molar-refractivity contribution is 8.01. The zero-order valence-electron chi connectivity index (χ0n) is 19.3. The van der Waals surface area contributed by atoms with Crippen molar-refractivity contribution in [2.75, 3.05) is 18.8 Å². The smallest absolute Gasteiger partial charge is 0.274 e. The van der Waals surface area contributed by atoms with Gasteiger partial charge in [0.15, 0.2) is 0 Å². The highest BCUT2D eigenvalue weighted by atomic mass is 35.5. The van der Waals surface area contributed by atoms with E-state index in [4.69, 9.17) is 22.1 Å². The number of carbonyl (C=O) groups excluding carboxylic acids is 1. The van der Waals surface area contributed by atoms with Crippen molar-refractivity contribution in [1.82, 2.24) is 14.6 Å². The van der Waals surface area contributed by atoms with Crippen LogP contribution in [0.3, 0.4) is 0 Å². The fourth-order valence-electron chi connectivity index (χ4n) is 4.27. The molecule has 1 saturated heterocycles. The number of pyridine rings is 1. The van der Waals surface area contributed by atoms with Crippen molar-refractivity contribution in [2.45, 2.75) is 37.3 Å². The van der Waals surface area contributed by atoms with Gasteiger partial charge in [0.1, 0.15) is 17.7 Å². The Kier molecular flexibility index (Phi) is 7.05. The second-order valence-corrected chi connectivity index (χ2v) is 10.7. The Morgan fingerprint density at radius 1 is 1.36 bits per heavy atom. The predicted molar refractivity (Wildman–Crippen MR) is 138 cm³/mol. The number of anilines is 1. The van der Waals surface area contributed by atoms with E-state index in [1.165, 1.54) is 18.0 Å². The van der Waals surface area contributed by atoms with Gasteiger partial charge >= 0.3 is 0 Å². The van der Waals surface area contributed by atoms with Crippen molar-refractivity contribution in [1.29, 1.82) is 0 Å². The maximum Gasteiger partial charge on any atom is 0.274 e. The lowest BCUT2D eigenvalue weighted by atomic mass is 9.91. The van der Waals surface area contributed by atoms with Crippen LogP contribution in [0.4, 0.5) is 14.6 Å². The quantitative estimate of drug-likeness (QED) is 0.386. The number of hydrogen-bond donors (Lipinski definition) is 2. The standard InChI is InChI=1S/C26H25ClF2N4O2S/c27-22-11-18(17-2-5-21(6-3-17)36-33-14-26(28,29)15-33)9-19-10-20(35-25(19)22)4-8-24(34)32-13-16-1-7-23(30)31-12-16/h1-2,4-9,11-12,17,20H,3,10,13-15H2,(H2,30,31)(H,32,34)/b8-4+. The summed E-state index contributed by atoms with van der Waals surface area (Å²) in [6.07, 6.45) is 12.1. The minimum Gasteiger partial charge on any atom is -0.484 e. The average molecular weight is 531 g/mol. The van der Waals surface area contributed by atoms with Gasteiger partial charge in [-0.05, 0) is 47.7 Å². The van der Waals surface area contributed by atoms with E-state index >= 15 is 0 Å². The summed E-state index contributed by atoms with van der Waals surface area (Å²) in [6, 6.07) is 7.51. The summed E-state index contributed by atoms with van der Waals surface area (Å²) < 4.78 is 33.8. The molecule has 0 spiro atoms. The van der Waals surface area contributed by atoms with Gasteiger partial charge in [-0.2, -0.15) is 0 Å². The minimum atomic E-state index is -2.57. The third-order valence-corrected chi connectivity index (χ3v) is 7.46. The highest BCUT2D eigenvalue weighted by Crippen LogP contribution is 2.42. The predicted octanol–water partition coefficient (Wildman–Crippen LogP) is 5.02. The molecule has 3 aliphatic rings. The lowest BCUT2D eigenvalue weighted by molar-refractivity contribution is -0.116. The third kappa shape index (κ3) is 5.91. The van der Waals surface area contributed by atoms with Gasteiger partial charge in [0.05, 0.1) is 18.1 Å². The van der Waals surface area contributed by atoms with Gasteiger partial charge < -0.3 is 15.8 Å². The van der Waals surface area contributed by atoms with Gasteiger partial charge in [0, 0.05) is 41.6 Å². The van der Waals surface area contributed by atoms with E-state index in [2.05, 4.69) is 28.5 Å². The van der Waals surface area contributed by atoms with E-state index in [0.717, 1.165) is 28.0 Å². The van der Waals surface area contributed by atoms with E-state index < -0.39 is 5.92 Å². The topological polar surface area (TPSA) is 80.5 Å². The van der Waals surface area contributed by atoms with E-state index in [-0.39, 0.29) is 31.0 Å². The van der Waals surface area contributed by atoms with Crippen LogP contribution in [0.2, 0.25) is 5.02 Å². The molecule has 0 saturated carbocycles. The van der Waals surface area contributed by atoms with Gasteiger partial charge in [-0.15, -0.1) is 0 Å². The lowest BCUT2D eigenvalue weighted by Gasteiger charge is -2.37. The summed E-state index contributed by atoms with van der Waals surface area (Å²) in [7, 11) is 0. The Hall–Kier alpha value is -2.88. The van der Waals surface area contributed by atoms with Crippen LogP contribution in [0.25, 0.3) is 0 Å². The van der Waals surface area contributed by atoms with Crippen LogP contribution in [0.15, 0.2) is 65.7 Å². The number of rotatable bonds is 7. The zero-order chi connectivity index (χ0) is 25.3. The summed E-state index contributed by atoms with van der Waals surface area (Å²) in [5, 5.41) is 3.35. The van der Waals surface area contributed by atoms with E-state index in [1.54, 1.807) is 22.6 Å². The lowest BCUT2D eigenvalue weighted by Crippen LogP contribution is -2.52. The fourth-order valence-corrected chi connectivity index (χ4v) is 5.68. The zero-order valence-corrected chi connectivity index (χ0v) is 20.9. The molecule has 0 radical (unpaired) electrons. The van der Waals surface area contributed by atoms with Crippen molar-refractivity contribution < 1.29 is 18.3 Å². The number of benzene rings is 1. The van der Waals surface area contributed by atoms with Crippen molar-refractivity contribution >= 4 is 35.3 Å². The molecule has 2 aliphatic heterocycles. The Bertz CT molecular complexity index is 1240. The molecule has 5 rings (SSSR count). The Morgan fingerprint density at radius 3 is 2.89 bits per heavy atom. The number of aromatic nitrogens is 1. The normalized spacial score (nSPS) is 22.6. The van der Waals surface area contributed by atoms with Crippen LogP contribution in [0.1, 0.15) is 29.0 Å². The number of nitrogen functional groups attached to an aromatic ring is 1. The largest absolute Gasteiger partial charge is 0.484 e. The van der Waals surface area contributed by atoms with Crippen molar-refractivity contribution in [3.63, 3.8) is 0 Å². The molecule has 2 aromatic rings. The van der Waals surface area contributed by atoms with Crippen molar-refractivity contribution in [3.05, 3.63) is 87.5 Å². The molecule has 3 N–H and O–H groups in total. The first-order valence-electron chi connectivity index (χ1n) is 11.6. The molecule has 1 aromatic carbocycles. The number of alkyl halides is 2. The van der Waals surface area contributed by atoms with Crippen LogP contribution < -0.4 is 15.8 Å². The van der Waals surface area contributed by atoms with E-state index in [9.17, 15) is 13.6 Å². The SMILES string of the molecule is Nc1ccc(CNC(=O)/C=C/C2Cc3cc(C4C=CC(SN5CC(F)(F)C5)=CC4)cc(Cl)c3O2)cn1. The first kappa shape index (κ1) is 24.8. The second kappa shape index (κ2) is 10.2. The number of hydrogen-bond acceptors (Lipinski definition) is 6. The van der Waals surface area contributed by atoms with E-state index in [0.29, 0.717) is 29.6 Å². The molecule has 188 valence electrons. The Labute approximate surface area is 217 Å². The molecular formula is C26H25ClF2N4O2S. The molecule has 10 heteroatoms. The van der Waals surface area contributed by atoms with Gasteiger partial charge in [-0.1, -0.05) is 42.0 Å². The second-order valence-electron chi connectivity index (χ2n) is 9.07. The maximum atomic E-state index is 13.1. The highest BCUT2D eigenvalue weighted by Gasteiger charge is 2.44. The molecule has 1 fully saturated rings. The molecule has 36 heavy (non-hydrogen) atoms. The number of allylic oxidation sites excluding steroid dienone is 3. The molecule has 0 bridgehead atoms. The minimum absolute atomic E-state index is 0.151. The van der Waals surface area contributed by atoms with Gasteiger partial charge in [-0.25, -0.2) is 18.1 Å². The summed E-state index contributed by atoms with van der Waals surface area (Å²) >= 11 is 7.91. The van der Waals surface area contributed by atoms with Crippen LogP contribution in [0.5, 0.6) is 5.75 Å². The molecule has 1 aromatic heterocycles. The molecule has 2 unspecified atom stereocenters. The monoisotopic (exact) mass is 530 g/mol. The molecule has 2 atom stereocenters. The summed E-state index contributed by atoms with van der Waals surface area (Å²) in [4.78, 5) is 17.2. The number of fused-ring (bicyclic) bond motifs is 1. The Balaban J connectivity index is 1.14. The van der Waals surface area contributed by atoms with Gasteiger partial charge in [-0.3, -0.25) is 4.79 Å². The first-order chi connectivity index (χ1) is 17.2. The summed E-state index contributed by atoms with van der Waals surface area (Å²) in [6.45, 7) is -0.0560. The fraction of sp³-hybridized carbons (Fsp3) is 0.308. The van der Waals surface area contributed by atoms with Crippen molar-refractivity contribution in [2.24, 2.45) is 0 Å². The average Bonchev–Trinajstić information content (AvgIpc) is 3.25. The van der Waals surface area contributed by atoms with E-state index in [1.807, 2.05) is 18.2 Å². The van der Waals surface area contributed by atoms with Crippen molar-refractivity contribution in [3.8, 4) is 5.75 Å². The molecule has 6 nitrogen and oxygen atoms in total. The number of nitrogens with two attached hydrogens (primary N) is 1. The number of nitrogens with zero attached hydrogens (tertiary/aromatic N) is 2. The number of carbonyl (C=O) groups is 1. The molecular weight excluding hydrogens is 506 g/mol. The third-order valence-electron chi connectivity index (χ3n) is 6.15.